The second-order valence-corrected chi connectivity index (χ2v) is 8.06. The Morgan fingerprint density at radius 2 is 1.80 bits per heavy atom. The summed E-state index contributed by atoms with van der Waals surface area (Å²) < 4.78 is 7.77. The molecule has 1 saturated heterocycles. The van der Waals surface area contributed by atoms with E-state index >= 15 is 0 Å². The topological polar surface area (TPSA) is 46.4 Å². The summed E-state index contributed by atoms with van der Waals surface area (Å²) in [6, 6.07) is 15.0. The van der Waals surface area contributed by atoms with Crippen LogP contribution in [0.4, 0.5) is 11.6 Å². The Labute approximate surface area is 178 Å². The number of rotatable bonds is 5. The van der Waals surface area contributed by atoms with Crippen LogP contribution in [-0.4, -0.2) is 54.2 Å². The molecular weight excluding hydrogens is 374 g/mol. The lowest BCUT2D eigenvalue weighted by atomic mass is 10.0. The third kappa shape index (κ3) is 3.67. The lowest BCUT2D eigenvalue weighted by molar-refractivity contribution is 0.122. The van der Waals surface area contributed by atoms with Gasteiger partial charge < -0.3 is 14.5 Å². The predicted octanol–water partition coefficient (Wildman–Crippen LogP) is 3.54. The van der Waals surface area contributed by atoms with E-state index in [-0.39, 0.29) is 0 Å². The summed E-state index contributed by atoms with van der Waals surface area (Å²) in [5.74, 6) is 2.30. The summed E-state index contributed by atoms with van der Waals surface area (Å²) in [4.78, 5) is 9.64. The molecule has 3 aromatic rings. The van der Waals surface area contributed by atoms with Crippen molar-refractivity contribution in [1.29, 1.82) is 0 Å². The lowest BCUT2D eigenvalue weighted by Gasteiger charge is -2.32. The van der Waals surface area contributed by atoms with Crippen molar-refractivity contribution in [3.63, 3.8) is 0 Å². The molecule has 30 heavy (non-hydrogen) atoms. The fraction of sp³-hybridized carbons (Fsp3) is 0.417. The average Bonchev–Trinajstić information content (AvgIpc) is 3.15. The van der Waals surface area contributed by atoms with Crippen LogP contribution in [0.5, 0.6) is 0 Å². The van der Waals surface area contributed by atoms with Crippen molar-refractivity contribution in [2.45, 2.75) is 26.3 Å². The Bertz CT molecular complexity index is 994. The first-order valence-corrected chi connectivity index (χ1v) is 11.0. The minimum atomic E-state index is 0.754. The van der Waals surface area contributed by atoms with Crippen molar-refractivity contribution >= 4 is 11.6 Å². The van der Waals surface area contributed by atoms with Gasteiger partial charge in [0.25, 0.3) is 0 Å². The van der Waals surface area contributed by atoms with E-state index in [9.17, 15) is 0 Å². The molecule has 0 N–H and O–H groups in total. The molecule has 6 nitrogen and oxygen atoms in total. The number of morpholine rings is 1. The molecular formula is C24H29N5O. The van der Waals surface area contributed by atoms with Gasteiger partial charge in [-0.25, -0.2) is 9.67 Å². The molecule has 1 fully saturated rings. The molecule has 2 aliphatic heterocycles. The number of aromatic nitrogens is 3. The monoisotopic (exact) mass is 403 g/mol. The van der Waals surface area contributed by atoms with E-state index in [0.717, 1.165) is 70.3 Å². The van der Waals surface area contributed by atoms with Gasteiger partial charge in [0.1, 0.15) is 11.6 Å². The van der Waals surface area contributed by atoms with Crippen LogP contribution in [0.3, 0.4) is 0 Å². The Balaban J connectivity index is 1.51. The number of nitrogens with zero attached hydrogens (tertiary/aromatic N) is 5. The maximum absolute atomic E-state index is 5.56. The fourth-order valence-electron chi connectivity index (χ4n) is 4.62. The first-order valence-electron chi connectivity index (χ1n) is 11.0. The molecule has 0 radical (unpaired) electrons. The van der Waals surface area contributed by atoms with Crippen molar-refractivity contribution in [3.05, 3.63) is 59.9 Å². The highest BCUT2D eigenvalue weighted by atomic mass is 16.5. The third-order valence-electron chi connectivity index (χ3n) is 6.08. The van der Waals surface area contributed by atoms with E-state index < -0.39 is 0 Å². The molecule has 156 valence electrons. The van der Waals surface area contributed by atoms with Gasteiger partial charge in [-0.2, -0.15) is 5.10 Å². The largest absolute Gasteiger partial charge is 0.378 e. The number of anilines is 2. The number of ether oxygens (including phenoxy) is 1. The number of hydrogen-bond donors (Lipinski definition) is 0. The van der Waals surface area contributed by atoms with E-state index in [1.165, 1.54) is 22.5 Å². The molecule has 2 aliphatic rings. The minimum Gasteiger partial charge on any atom is -0.378 e. The van der Waals surface area contributed by atoms with Crippen molar-refractivity contribution in [2.75, 3.05) is 49.2 Å². The van der Waals surface area contributed by atoms with Crippen LogP contribution < -0.4 is 9.80 Å². The number of hydrogen-bond acceptors (Lipinski definition) is 5. The molecule has 6 heteroatoms. The quantitative estimate of drug-likeness (QED) is 0.652. The number of pyridine rings is 1. The highest BCUT2D eigenvalue weighted by Gasteiger charge is 2.28. The van der Waals surface area contributed by atoms with E-state index in [4.69, 9.17) is 14.8 Å². The van der Waals surface area contributed by atoms with E-state index in [1.54, 1.807) is 0 Å². The van der Waals surface area contributed by atoms with Gasteiger partial charge in [0, 0.05) is 44.5 Å². The highest BCUT2D eigenvalue weighted by Crippen LogP contribution is 2.40. The van der Waals surface area contributed by atoms with Crippen LogP contribution in [0.2, 0.25) is 0 Å². The van der Waals surface area contributed by atoms with Gasteiger partial charge in [0.15, 0.2) is 0 Å². The van der Waals surface area contributed by atoms with Crippen LogP contribution in [0, 0.1) is 6.92 Å². The smallest absolute Gasteiger partial charge is 0.136 e. The summed E-state index contributed by atoms with van der Waals surface area (Å²) in [5.41, 5.74) is 4.88. The molecule has 5 rings (SSSR count). The first-order chi connectivity index (χ1) is 14.8. The van der Waals surface area contributed by atoms with Crippen molar-refractivity contribution in [1.82, 2.24) is 14.8 Å². The SMILES string of the molecule is Cc1nn2c(c1-c1cccnc1N1CCOCC1)N(CCc1ccccc1)CCC2. The highest BCUT2D eigenvalue weighted by molar-refractivity contribution is 5.86. The Hall–Kier alpha value is -2.86. The molecule has 0 spiro atoms. The molecule has 0 unspecified atom stereocenters. The maximum atomic E-state index is 5.56. The van der Waals surface area contributed by atoms with Gasteiger partial charge >= 0.3 is 0 Å². The summed E-state index contributed by atoms with van der Waals surface area (Å²) in [6.45, 7) is 8.44. The van der Waals surface area contributed by atoms with Crippen molar-refractivity contribution in [3.8, 4) is 11.1 Å². The van der Waals surface area contributed by atoms with Gasteiger partial charge in [0.05, 0.1) is 24.5 Å². The summed E-state index contributed by atoms with van der Waals surface area (Å²) in [5, 5.41) is 4.92. The number of benzene rings is 1. The number of fused-ring (bicyclic) bond motifs is 1. The van der Waals surface area contributed by atoms with Gasteiger partial charge in [-0.3, -0.25) is 0 Å². The van der Waals surface area contributed by atoms with Gasteiger partial charge in [-0.05, 0) is 37.5 Å². The van der Waals surface area contributed by atoms with Gasteiger partial charge in [0.2, 0.25) is 0 Å². The normalized spacial score (nSPS) is 16.6. The summed E-state index contributed by atoms with van der Waals surface area (Å²) >= 11 is 0. The molecule has 0 amide bonds. The summed E-state index contributed by atoms with van der Waals surface area (Å²) in [7, 11) is 0. The fourth-order valence-corrected chi connectivity index (χ4v) is 4.62. The standard InChI is InChI=1S/C24H29N5O/c1-19-22(21-9-5-11-25-23(21)27-15-17-30-18-16-27)24-28(12-6-13-29(24)26-19)14-10-20-7-3-2-4-8-20/h2-5,7-9,11H,6,10,12-18H2,1H3. The Kier molecular flexibility index (Phi) is 5.41. The second kappa shape index (κ2) is 8.48. The van der Waals surface area contributed by atoms with Crippen molar-refractivity contribution in [2.24, 2.45) is 0 Å². The Morgan fingerprint density at radius 3 is 2.63 bits per heavy atom. The molecule has 1 aromatic carbocycles. The first kappa shape index (κ1) is 19.1. The average molecular weight is 404 g/mol. The maximum Gasteiger partial charge on any atom is 0.136 e. The third-order valence-corrected chi connectivity index (χ3v) is 6.08. The van der Waals surface area contributed by atoms with E-state index in [0.29, 0.717) is 0 Å². The lowest BCUT2D eigenvalue weighted by Crippen LogP contribution is -2.37. The molecule has 2 aromatic heterocycles. The number of aryl methyl sites for hydroxylation is 2. The molecule has 0 atom stereocenters. The van der Waals surface area contributed by atoms with E-state index in [2.05, 4.69) is 57.8 Å². The van der Waals surface area contributed by atoms with Gasteiger partial charge in [-0.15, -0.1) is 0 Å². The molecule has 0 saturated carbocycles. The zero-order valence-corrected chi connectivity index (χ0v) is 17.6. The predicted molar refractivity (Wildman–Crippen MR) is 120 cm³/mol. The second-order valence-electron chi connectivity index (χ2n) is 8.06. The van der Waals surface area contributed by atoms with Crippen LogP contribution in [0.15, 0.2) is 48.7 Å². The zero-order chi connectivity index (χ0) is 20.3. The zero-order valence-electron chi connectivity index (χ0n) is 17.6. The summed E-state index contributed by atoms with van der Waals surface area (Å²) in [6.07, 6.45) is 4.06. The van der Waals surface area contributed by atoms with Crippen LogP contribution in [-0.2, 0) is 17.7 Å². The van der Waals surface area contributed by atoms with Crippen LogP contribution in [0.1, 0.15) is 17.7 Å². The molecule has 4 heterocycles. The van der Waals surface area contributed by atoms with Crippen LogP contribution in [0.25, 0.3) is 11.1 Å². The van der Waals surface area contributed by atoms with Gasteiger partial charge in [-0.1, -0.05) is 30.3 Å². The molecule has 0 bridgehead atoms. The molecule has 0 aliphatic carbocycles. The van der Waals surface area contributed by atoms with E-state index in [1.807, 2.05) is 12.3 Å². The minimum absolute atomic E-state index is 0.754. The Morgan fingerprint density at radius 1 is 0.967 bits per heavy atom. The van der Waals surface area contributed by atoms with Crippen molar-refractivity contribution < 1.29 is 4.74 Å². The van der Waals surface area contributed by atoms with Crippen LogP contribution >= 0.6 is 0 Å².